The van der Waals surface area contributed by atoms with Crippen LogP contribution in [0.5, 0.6) is 5.75 Å². The largest absolute Gasteiger partial charge is 0.479 e. The van der Waals surface area contributed by atoms with Gasteiger partial charge in [0.1, 0.15) is 5.75 Å². The number of rotatable bonds is 5. The van der Waals surface area contributed by atoms with Crippen molar-refractivity contribution in [3.63, 3.8) is 0 Å². The number of aliphatic carboxylic acids is 1. The number of halogens is 1. The van der Waals surface area contributed by atoms with Gasteiger partial charge in [0.25, 0.3) is 0 Å². The van der Waals surface area contributed by atoms with Crippen LogP contribution in [0.3, 0.4) is 0 Å². The molecule has 0 aliphatic heterocycles. The first-order valence-corrected chi connectivity index (χ1v) is 13.1. The molecule has 1 aliphatic rings. The first-order valence-electron chi connectivity index (χ1n) is 11.5. The van der Waals surface area contributed by atoms with Gasteiger partial charge in [-0.1, -0.05) is 43.2 Å². The van der Waals surface area contributed by atoms with Gasteiger partial charge in [0, 0.05) is 14.7 Å². The monoisotopic (exact) mass is 522 g/mol. The van der Waals surface area contributed by atoms with Crippen molar-refractivity contribution in [3.05, 3.63) is 62.9 Å². The number of aryl methyl sites for hydroxylation is 2. The molecule has 0 saturated heterocycles. The van der Waals surface area contributed by atoms with Crippen molar-refractivity contribution in [2.24, 2.45) is 0 Å². The van der Waals surface area contributed by atoms with E-state index in [1.807, 2.05) is 17.4 Å². The van der Waals surface area contributed by atoms with E-state index in [-0.39, 0.29) is 0 Å². The van der Waals surface area contributed by atoms with E-state index < -0.39 is 12.1 Å². The smallest absolute Gasteiger partial charge is 0.344 e. The minimum absolute atomic E-state index is 0.406. The summed E-state index contributed by atoms with van der Waals surface area (Å²) >= 11 is 5.73. The number of carboxylic acid groups (broad SMARTS) is 1. The molecule has 1 unspecified atom stereocenters. The van der Waals surface area contributed by atoms with E-state index in [0.717, 1.165) is 22.9 Å². The van der Waals surface area contributed by atoms with Crippen molar-refractivity contribution in [2.45, 2.75) is 58.5 Å². The number of fused-ring (bicyclic) bond motifs is 2. The quantitative estimate of drug-likeness (QED) is 0.285. The second kappa shape index (κ2) is 8.77. The van der Waals surface area contributed by atoms with Crippen molar-refractivity contribution in [1.82, 2.24) is 0 Å². The summed E-state index contributed by atoms with van der Waals surface area (Å²) in [6, 6.07) is 14.9. The number of ether oxygens (including phenoxy) is 1. The maximum Gasteiger partial charge on any atom is 0.344 e. The molecule has 1 fully saturated rings. The maximum absolute atomic E-state index is 11.5. The van der Waals surface area contributed by atoms with E-state index in [2.05, 4.69) is 66.2 Å². The summed E-state index contributed by atoms with van der Waals surface area (Å²) in [7, 11) is 0. The fourth-order valence-electron chi connectivity index (χ4n) is 5.14. The maximum atomic E-state index is 11.5. The van der Waals surface area contributed by atoms with Gasteiger partial charge < -0.3 is 9.84 Å². The van der Waals surface area contributed by atoms with Crippen molar-refractivity contribution in [3.8, 4) is 16.9 Å². The SMILES string of the molecule is Cc1sc2c(Br)c3ccccc3c(-c3ccc(OC(C)C(=O)O)c(C4CCCC4)c3)c2c1C. The Morgan fingerprint density at radius 2 is 1.82 bits per heavy atom. The van der Waals surface area contributed by atoms with E-state index in [1.165, 1.54) is 55.3 Å². The van der Waals surface area contributed by atoms with Gasteiger partial charge >= 0.3 is 5.97 Å². The molecule has 5 rings (SSSR count). The van der Waals surface area contributed by atoms with E-state index in [0.29, 0.717) is 11.7 Å². The summed E-state index contributed by atoms with van der Waals surface area (Å²) in [6.07, 6.45) is 3.77. The molecule has 1 atom stereocenters. The molecule has 0 radical (unpaired) electrons. The van der Waals surface area contributed by atoms with Crippen LogP contribution in [-0.4, -0.2) is 17.2 Å². The van der Waals surface area contributed by atoms with Gasteiger partial charge in [0.15, 0.2) is 6.10 Å². The molecule has 1 saturated carbocycles. The minimum atomic E-state index is -0.943. The third kappa shape index (κ3) is 3.85. The van der Waals surface area contributed by atoms with Crippen LogP contribution in [0, 0.1) is 13.8 Å². The molecule has 170 valence electrons. The lowest BCUT2D eigenvalue weighted by Crippen LogP contribution is -2.23. The van der Waals surface area contributed by atoms with E-state index in [4.69, 9.17) is 4.74 Å². The second-order valence-corrected chi connectivity index (χ2v) is 11.1. The molecule has 0 amide bonds. The highest BCUT2D eigenvalue weighted by Gasteiger charge is 2.25. The third-order valence-electron chi connectivity index (χ3n) is 7.01. The van der Waals surface area contributed by atoms with Gasteiger partial charge in [-0.2, -0.15) is 0 Å². The molecule has 1 heterocycles. The Hall–Kier alpha value is -2.37. The van der Waals surface area contributed by atoms with Gasteiger partial charge in [0.05, 0.1) is 4.70 Å². The summed E-state index contributed by atoms with van der Waals surface area (Å²) in [5.41, 5.74) is 4.88. The van der Waals surface area contributed by atoms with Crippen LogP contribution in [0.1, 0.15) is 54.5 Å². The molecule has 0 bridgehead atoms. The summed E-state index contributed by atoms with van der Waals surface area (Å²) in [6.45, 7) is 6.00. The predicted octanol–water partition coefficient (Wildman–Crippen LogP) is 8.61. The molecule has 5 heteroatoms. The summed E-state index contributed by atoms with van der Waals surface area (Å²) < 4.78 is 8.36. The van der Waals surface area contributed by atoms with Crippen molar-refractivity contribution >= 4 is 54.1 Å². The Balaban J connectivity index is 1.78. The summed E-state index contributed by atoms with van der Waals surface area (Å²) in [5, 5.41) is 13.1. The standard InChI is InChI=1S/C28H27BrO3S/c1-15-17(3)33-27-24(15)25(20-10-6-7-11-21(20)26(27)29)19-12-13-23(32-16(2)28(30)31)22(14-19)18-8-4-5-9-18/h6-7,10-14,16,18H,4-5,8-9H2,1-3H3,(H,30,31). The Bertz CT molecular complexity index is 1380. The molecule has 1 N–H and O–H groups in total. The molecule has 3 nitrogen and oxygen atoms in total. The Morgan fingerprint density at radius 3 is 2.52 bits per heavy atom. The normalized spacial score (nSPS) is 15.4. The zero-order valence-electron chi connectivity index (χ0n) is 19.1. The molecular weight excluding hydrogens is 496 g/mol. The lowest BCUT2D eigenvalue weighted by Gasteiger charge is -2.20. The zero-order valence-corrected chi connectivity index (χ0v) is 21.5. The fraction of sp³-hybridized carbons (Fsp3) is 0.321. The molecular formula is C28H27BrO3S. The number of hydrogen-bond acceptors (Lipinski definition) is 3. The van der Waals surface area contributed by atoms with Gasteiger partial charge in [-0.3, -0.25) is 0 Å². The second-order valence-electron chi connectivity index (χ2n) is 9.05. The first kappa shape index (κ1) is 22.4. The molecule has 33 heavy (non-hydrogen) atoms. The average molecular weight is 523 g/mol. The highest BCUT2D eigenvalue weighted by Crippen LogP contribution is 2.48. The molecule has 1 aliphatic carbocycles. The minimum Gasteiger partial charge on any atom is -0.479 e. The first-order chi connectivity index (χ1) is 15.9. The van der Waals surface area contributed by atoms with Crippen LogP contribution in [0.4, 0.5) is 0 Å². The summed E-state index contributed by atoms with van der Waals surface area (Å²) in [5.74, 6) is 0.168. The lowest BCUT2D eigenvalue weighted by atomic mass is 9.89. The molecule has 4 aromatic rings. The topological polar surface area (TPSA) is 46.5 Å². The zero-order chi connectivity index (χ0) is 23.3. The van der Waals surface area contributed by atoms with Crippen molar-refractivity contribution in [2.75, 3.05) is 0 Å². The Kier molecular flexibility index (Phi) is 5.96. The van der Waals surface area contributed by atoms with Crippen molar-refractivity contribution < 1.29 is 14.6 Å². The number of benzene rings is 3. The van der Waals surface area contributed by atoms with Crippen LogP contribution >= 0.6 is 27.3 Å². The van der Waals surface area contributed by atoms with Crippen LogP contribution in [0.2, 0.25) is 0 Å². The van der Waals surface area contributed by atoms with Gasteiger partial charge in [-0.25, -0.2) is 4.79 Å². The Morgan fingerprint density at radius 1 is 1.12 bits per heavy atom. The van der Waals surface area contributed by atoms with Crippen molar-refractivity contribution in [1.29, 1.82) is 0 Å². The van der Waals surface area contributed by atoms with Gasteiger partial charge in [-0.15, -0.1) is 11.3 Å². The molecule has 0 spiro atoms. The number of hydrogen-bond donors (Lipinski definition) is 1. The summed E-state index contributed by atoms with van der Waals surface area (Å²) in [4.78, 5) is 12.8. The molecule has 3 aromatic carbocycles. The molecule has 1 aromatic heterocycles. The van der Waals surface area contributed by atoms with E-state index in [1.54, 1.807) is 6.92 Å². The number of carbonyl (C=O) groups is 1. The van der Waals surface area contributed by atoms with Crippen LogP contribution in [-0.2, 0) is 4.79 Å². The van der Waals surface area contributed by atoms with E-state index >= 15 is 0 Å². The number of thiophene rings is 1. The Labute approximate surface area is 206 Å². The van der Waals surface area contributed by atoms with Gasteiger partial charge in [-0.05, 0) is 101 Å². The highest BCUT2D eigenvalue weighted by molar-refractivity contribution is 9.11. The van der Waals surface area contributed by atoms with Crippen LogP contribution in [0.25, 0.3) is 32.0 Å². The van der Waals surface area contributed by atoms with Gasteiger partial charge in [0.2, 0.25) is 0 Å². The average Bonchev–Trinajstić information content (AvgIpc) is 3.44. The van der Waals surface area contributed by atoms with Crippen LogP contribution < -0.4 is 4.74 Å². The fourth-order valence-corrected chi connectivity index (χ4v) is 7.04. The highest BCUT2D eigenvalue weighted by atomic mass is 79.9. The van der Waals surface area contributed by atoms with Crippen LogP contribution in [0.15, 0.2) is 46.9 Å². The third-order valence-corrected chi connectivity index (χ3v) is 9.32. The predicted molar refractivity (Wildman–Crippen MR) is 141 cm³/mol. The lowest BCUT2D eigenvalue weighted by molar-refractivity contribution is -0.144. The number of carboxylic acids is 1. The van der Waals surface area contributed by atoms with E-state index in [9.17, 15) is 9.90 Å².